The molecule has 1 heterocycles. The van der Waals surface area contributed by atoms with Gasteiger partial charge in [-0.2, -0.15) is 4.99 Å². The fourth-order valence-electron chi connectivity index (χ4n) is 2.12. The van der Waals surface area contributed by atoms with Crippen molar-refractivity contribution >= 4 is 17.6 Å². The van der Waals surface area contributed by atoms with Gasteiger partial charge in [0.2, 0.25) is 0 Å². The van der Waals surface area contributed by atoms with E-state index in [4.69, 9.17) is 9.47 Å². The van der Waals surface area contributed by atoms with Gasteiger partial charge >= 0.3 is 6.03 Å². The number of carbonyl (C=O) groups excluding carboxylic acids is 1. The summed E-state index contributed by atoms with van der Waals surface area (Å²) in [6.07, 6.45) is 1.88. The lowest BCUT2D eigenvalue weighted by Gasteiger charge is -2.11. The highest BCUT2D eigenvalue weighted by Gasteiger charge is 2.15. The van der Waals surface area contributed by atoms with Crippen LogP contribution in [0.15, 0.2) is 23.2 Å². The summed E-state index contributed by atoms with van der Waals surface area (Å²) in [5.41, 5.74) is 0.623. The molecule has 1 fully saturated rings. The maximum absolute atomic E-state index is 11.9. The number of amides is 2. The smallest absolute Gasteiger partial charge is 0.347 e. The van der Waals surface area contributed by atoms with Crippen molar-refractivity contribution in [3.05, 3.63) is 18.2 Å². The van der Waals surface area contributed by atoms with Gasteiger partial charge in [-0.25, -0.2) is 4.79 Å². The van der Waals surface area contributed by atoms with E-state index in [9.17, 15) is 4.79 Å². The molecular formula is C14H19N3O3. The summed E-state index contributed by atoms with van der Waals surface area (Å²) in [7, 11) is 5.06. The summed E-state index contributed by atoms with van der Waals surface area (Å²) in [5, 5.41) is 2.73. The molecule has 2 rings (SSSR count). The van der Waals surface area contributed by atoms with Crippen LogP contribution in [0.3, 0.4) is 0 Å². The summed E-state index contributed by atoms with van der Waals surface area (Å²) in [6, 6.07) is 4.82. The number of hydrogen-bond acceptors (Lipinski definition) is 3. The second-order valence-electron chi connectivity index (χ2n) is 4.55. The lowest BCUT2D eigenvalue weighted by atomic mass is 10.3. The van der Waals surface area contributed by atoms with Gasteiger partial charge in [0.1, 0.15) is 5.84 Å². The Labute approximate surface area is 118 Å². The van der Waals surface area contributed by atoms with Gasteiger partial charge in [0, 0.05) is 31.8 Å². The van der Waals surface area contributed by atoms with Gasteiger partial charge in [0.15, 0.2) is 11.5 Å². The Morgan fingerprint density at radius 2 is 2.05 bits per heavy atom. The topological polar surface area (TPSA) is 63.2 Å². The first kappa shape index (κ1) is 14.2. The highest BCUT2D eigenvalue weighted by molar-refractivity contribution is 6.00. The molecule has 108 valence electrons. The molecule has 1 aromatic rings. The third-order valence-electron chi connectivity index (χ3n) is 3.20. The van der Waals surface area contributed by atoms with Crippen molar-refractivity contribution in [2.24, 2.45) is 4.99 Å². The Hall–Kier alpha value is -2.24. The summed E-state index contributed by atoms with van der Waals surface area (Å²) in [5.74, 6) is 2.01. The Morgan fingerprint density at radius 3 is 2.65 bits per heavy atom. The number of aliphatic imine (C=N–C) groups is 1. The molecule has 1 aliphatic heterocycles. The van der Waals surface area contributed by atoms with Gasteiger partial charge in [0.25, 0.3) is 0 Å². The number of anilines is 1. The fraction of sp³-hybridized carbons (Fsp3) is 0.429. The van der Waals surface area contributed by atoms with Gasteiger partial charge in [-0.1, -0.05) is 0 Å². The summed E-state index contributed by atoms with van der Waals surface area (Å²) in [4.78, 5) is 17.9. The van der Waals surface area contributed by atoms with Crippen LogP contribution in [0.2, 0.25) is 0 Å². The lowest BCUT2D eigenvalue weighted by Crippen LogP contribution is -2.21. The number of nitrogens with one attached hydrogen (secondary N) is 1. The minimum Gasteiger partial charge on any atom is -0.493 e. The number of ether oxygens (including phenoxy) is 2. The summed E-state index contributed by atoms with van der Waals surface area (Å²) < 4.78 is 10.3. The number of methoxy groups -OCH3 is 2. The maximum atomic E-state index is 11.9. The van der Waals surface area contributed by atoms with Crippen LogP contribution >= 0.6 is 0 Å². The van der Waals surface area contributed by atoms with E-state index in [2.05, 4.69) is 10.3 Å². The first-order valence-electron chi connectivity index (χ1n) is 6.45. The van der Waals surface area contributed by atoms with Crippen molar-refractivity contribution in [3.63, 3.8) is 0 Å². The van der Waals surface area contributed by atoms with Gasteiger partial charge in [-0.3, -0.25) is 0 Å². The number of nitrogens with zero attached hydrogens (tertiary/aromatic N) is 2. The zero-order chi connectivity index (χ0) is 14.5. The Bertz CT molecular complexity index is 528. The van der Waals surface area contributed by atoms with Crippen molar-refractivity contribution in [2.75, 3.05) is 33.1 Å². The number of carbonyl (C=O) groups is 1. The van der Waals surface area contributed by atoms with E-state index in [1.54, 1.807) is 32.4 Å². The molecule has 1 aromatic carbocycles. The Balaban J connectivity index is 2.08. The van der Waals surface area contributed by atoms with E-state index in [1.165, 1.54) is 0 Å². The zero-order valence-corrected chi connectivity index (χ0v) is 12.0. The monoisotopic (exact) mass is 277 g/mol. The summed E-state index contributed by atoms with van der Waals surface area (Å²) in [6.45, 7) is 0.947. The quantitative estimate of drug-likeness (QED) is 0.921. The van der Waals surface area contributed by atoms with E-state index in [-0.39, 0.29) is 6.03 Å². The molecule has 0 aliphatic carbocycles. The molecule has 6 nitrogen and oxygen atoms in total. The predicted molar refractivity (Wildman–Crippen MR) is 77.9 cm³/mol. The molecule has 1 aliphatic rings. The first-order valence-corrected chi connectivity index (χ1v) is 6.45. The van der Waals surface area contributed by atoms with Crippen LogP contribution < -0.4 is 14.8 Å². The van der Waals surface area contributed by atoms with Crippen LogP contribution in [-0.2, 0) is 0 Å². The molecule has 0 unspecified atom stereocenters. The van der Waals surface area contributed by atoms with Crippen LogP contribution in [0.25, 0.3) is 0 Å². The molecule has 2 amide bonds. The number of hydrogen-bond donors (Lipinski definition) is 1. The average molecular weight is 277 g/mol. The molecule has 6 heteroatoms. The predicted octanol–water partition coefficient (Wildman–Crippen LogP) is 2.36. The van der Waals surface area contributed by atoms with Crippen molar-refractivity contribution in [2.45, 2.75) is 12.8 Å². The molecule has 0 atom stereocenters. The molecule has 0 aromatic heterocycles. The van der Waals surface area contributed by atoms with E-state index in [1.807, 2.05) is 11.9 Å². The summed E-state index contributed by atoms with van der Waals surface area (Å²) >= 11 is 0. The molecule has 0 bridgehead atoms. The van der Waals surface area contributed by atoms with Crippen LogP contribution in [0.4, 0.5) is 10.5 Å². The first-order chi connectivity index (χ1) is 9.63. The van der Waals surface area contributed by atoms with Crippen molar-refractivity contribution in [1.82, 2.24) is 4.90 Å². The second-order valence-corrected chi connectivity index (χ2v) is 4.55. The second kappa shape index (κ2) is 6.27. The van der Waals surface area contributed by atoms with Crippen molar-refractivity contribution in [1.29, 1.82) is 0 Å². The third kappa shape index (κ3) is 3.20. The van der Waals surface area contributed by atoms with Crippen LogP contribution in [-0.4, -0.2) is 44.6 Å². The van der Waals surface area contributed by atoms with Gasteiger partial charge in [0.05, 0.1) is 14.2 Å². The van der Waals surface area contributed by atoms with Gasteiger partial charge in [-0.15, -0.1) is 0 Å². The standard InChI is InChI=1S/C14H19N3O3/c1-17-8-4-5-13(17)16-14(18)15-10-6-7-11(19-2)12(9-10)20-3/h6-7,9H,4-5,8H2,1-3H3,(H,15,18)/b16-13-. The number of benzene rings is 1. The number of likely N-dealkylation sites (tertiary alicyclic amines) is 1. The molecular weight excluding hydrogens is 258 g/mol. The lowest BCUT2D eigenvalue weighted by molar-refractivity contribution is 0.259. The van der Waals surface area contributed by atoms with E-state index in [0.717, 1.165) is 25.2 Å². The Kier molecular flexibility index (Phi) is 4.45. The third-order valence-corrected chi connectivity index (χ3v) is 3.20. The minimum atomic E-state index is -0.374. The molecule has 0 saturated carbocycles. The van der Waals surface area contributed by atoms with Crippen molar-refractivity contribution in [3.8, 4) is 11.5 Å². The van der Waals surface area contributed by atoms with E-state index >= 15 is 0 Å². The molecule has 1 N–H and O–H groups in total. The van der Waals surface area contributed by atoms with Crippen LogP contribution in [0.1, 0.15) is 12.8 Å². The van der Waals surface area contributed by atoms with E-state index < -0.39 is 0 Å². The molecule has 0 spiro atoms. The fourth-order valence-corrected chi connectivity index (χ4v) is 2.12. The maximum Gasteiger partial charge on any atom is 0.347 e. The van der Waals surface area contributed by atoms with Crippen LogP contribution in [0.5, 0.6) is 11.5 Å². The highest BCUT2D eigenvalue weighted by atomic mass is 16.5. The number of urea groups is 1. The Morgan fingerprint density at radius 1 is 1.30 bits per heavy atom. The normalized spacial score (nSPS) is 16.4. The van der Waals surface area contributed by atoms with Gasteiger partial charge < -0.3 is 19.7 Å². The zero-order valence-electron chi connectivity index (χ0n) is 12.0. The average Bonchev–Trinajstić information content (AvgIpc) is 2.84. The molecule has 1 saturated heterocycles. The highest BCUT2D eigenvalue weighted by Crippen LogP contribution is 2.29. The largest absolute Gasteiger partial charge is 0.493 e. The number of amidine groups is 1. The van der Waals surface area contributed by atoms with Crippen molar-refractivity contribution < 1.29 is 14.3 Å². The SMILES string of the molecule is COc1ccc(NC(=O)/N=C2/CCCN2C)cc1OC. The van der Waals surface area contributed by atoms with E-state index in [0.29, 0.717) is 17.2 Å². The number of rotatable bonds is 3. The molecule has 0 radical (unpaired) electrons. The van der Waals surface area contributed by atoms with Crippen LogP contribution in [0, 0.1) is 0 Å². The van der Waals surface area contributed by atoms with Gasteiger partial charge in [-0.05, 0) is 18.6 Å². The molecule has 20 heavy (non-hydrogen) atoms. The minimum absolute atomic E-state index is 0.374.